The number of nitrogens with one attached hydrogen (secondary N) is 1. The summed E-state index contributed by atoms with van der Waals surface area (Å²) in [6.45, 7) is 2.04. The third-order valence-corrected chi connectivity index (χ3v) is 7.01. The highest BCUT2D eigenvalue weighted by Crippen LogP contribution is 2.43. The number of fused-ring (bicyclic) bond motifs is 1. The first-order valence-corrected chi connectivity index (χ1v) is 11.4. The second-order valence-electron chi connectivity index (χ2n) is 7.76. The highest BCUT2D eigenvalue weighted by Gasteiger charge is 2.32. The Morgan fingerprint density at radius 2 is 1.97 bits per heavy atom. The average molecular weight is 433 g/mol. The van der Waals surface area contributed by atoms with E-state index in [-0.39, 0.29) is 11.0 Å². The SMILES string of the molecule is CCC(Sc1nnc(-c2c[nH]c3ccccc23)n1C1CC1)C(=O)c1ccc(OC)cc1. The van der Waals surface area contributed by atoms with Gasteiger partial charge in [0.25, 0.3) is 0 Å². The van der Waals surface area contributed by atoms with E-state index in [0.717, 1.165) is 52.5 Å². The van der Waals surface area contributed by atoms with Crippen molar-refractivity contribution in [3.05, 3.63) is 60.3 Å². The second kappa shape index (κ2) is 8.23. The Morgan fingerprint density at radius 1 is 1.19 bits per heavy atom. The number of thioether (sulfide) groups is 1. The van der Waals surface area contributed by atoms with Crippen LogP contribution in [0.1, 0.15) is 42.6 Å². The first-order chi connectivity index (χ1) is 15.2. The van der Waals surface area contributed by atoms with Crippen molar-refractivity contribution in [3.8, 4) is 17.1 Å². The lowest BCUT2D eigenvalue weighted by molar-refractivity contribution is 0.0988. The van der Waals surface area contributed by atoms with Gasteiger partial charge in [0.15, 0.2) is 16.8 Å². The van der Waals surface area contributed by atoms with Crippen LogP contribution < -0.4 is 4.74 Å². The van der Waals surface area contributed by atoms with Gasteiger partial charge in [0.05, 0.1) is 12.4 Å². The summed E-state index contributed by atoms with van der Waals surface area (Å²) in [6, 6.07) is 15.9. The molecule has 1 aliphatic carbocycles. The maximum Gasteiger partial charge on any atom is 0.192 e. The molecule has 0 spiro atoms. The Balaban J connectivity index is 1.46. The van der Waals surface area contributed by atoms with Crippen molar-refractivity contribution in [3.63, 3.8) is 0 Å². The maximum absolute atomic E-state index is 13.2. The van der Waals surface area contributed by atoms with Gasteiger partial charge in [0.1, 0.15) is 5.75 Å². The summed E-state index contributed by atoms with van der Waals surface area (Å²) in [7, 11) is 1.62. The summed E-state index contributed by atoms with van der Waals surface area (Å²) in [5.41, 5.74) is 2.82. The molecule has 0 amide bonds. The highest BCUT2D eigenvalue weighted by atomic mass is 32.2. The van der Waals surface area contributed by atoms with Crippen LogP contribution in [0, 0.1) is 0 Å². The van der Waals surface area contributed by atoms with Crippen molar-refractivity contribution in [2.45, 2.75) is 42.6 Å². The molecule has 158 valence electrons. The maximum atomic E-state index is 13.2. The van der Waals surface area contributed by atoms with Crippen LogP contribution in [0.5, 0.6) is 5.75 Å². The number of nitrogens with zero attached hydrogens (tertiary/aromatic N) is 3. The fourth-order valence-corrected chi connectivity index (χ4v) is 4.95. The lowest BCUT2D eigenvalue weighted by atomic mass is 10.1. The quantitative estimate of drug-likeness (QED) is 0.293. The summed E-state index contributed by atoms with van der Waals surface area (Å²) < 4.78 is 7.43. The van der Waals surface area contributed by atoms with Crippen molar-refractivity contribution >= 4 is 28.4 Å². The number of Topliss-reactive ketones (excluding diaryl/α,β-unsaturated/α-hetero) is 1. The summed E-state index contributed by atoms with van der Waals surface area (Å²) >= 11 is 1.52. The minimum Gasteiger partial charge on any atom is -0.497 e. The van der Waals surface area contributed by atoms with Crippen LogP contribution in [0.15, 0.2) is 59.9 Å². The Kier molecular flexibility index (Phi) is 5.28. The molecule has 7 heteroatoms. The lowest BCUT2D eigenvalue weighted by Crippen LogP contribution is -2.17. The van der Waals surface area contributed by atoms with Crippen molar-refractivity contribution in [2.75, 3.05) is 7.11 Å². The van der Waals surface area contributed by atoms with Crippen molar-refractivity contribution < 1.29 is 9.53 Å². The van der Waals surface area contributed by atoms with E-state index in [9.17, 15) is 4.79 Å². The number of aromatic nitrogens is 4. The molecule has 2 aromatic heterocycles. The summed E-state index contributed by atoms with van der Waals surface area (Å²) in [4.78, 5) is 16.5. The largest absolute Gasteiger partial charge is 0.497 e. The minimum atomic E-state index is -0.217. The number of carbonyl (C=O) groups is 1. The van der Waals surface area contributed by atoms with Crippen LogP contribution in [0.4, 0.5) is 0 Å². The first kappa shape index (κ1) is 19.9. The zero-order valence-corrected chi connectivity index (χ0v) is 18.4. The van der Waals surface area contributed by atoms with Crippen LogP contribution in [0.25, 0.3) is 22.3 Å². The third kappa shape index (κ3) is 3.74. The van der Waals surface area contributed by atoms with Gasteiger partial charge in [-0.25, -0.2) is 0 Å². The van der Waals surface area contributed by atoms with E-state index in [2.05, 4.69) is 31.9 Å². The van der Waals surface area contributed by atoms with E-state index in [1.54, 1.807) is 7.11 Å². The average Bonchev–Trinajstić information content (AvgIpc) is 3.43. The number of rotatable bonds is 8. The predicted octanol–water partition coefficient (Wildman–Crippen LogP) is 5.52. The van der Waals surface area contributed by atoms with Crippen LogP contribution in [-0.2, 0) is 0 Å². The molecule has 0 saturated heterocycles. The van der Waals surface area contributed by atoms with Gasteiger partial charge in [-0.1, -0.05) is 36.9 Å². The molecule has 1 N–H and O–H groups in total. The molecule has 0 aliphatic heterocycles. The molecule has 31 heavy (non-hydrogen) atoms. The van der Waals surface area contributed by atoms with Crippen LogP contribution in [-0.4, -0.2) is 37.9 Å². The van der Waals surface area contributed by atoms with Crippen molar-refractivity contribution in [2.24, 2.45) is 0 Å². The first-order valence-electron chi connectivity index (χ1n) is 10.6. The summed E-state index contributed by atoms with van der Waals surface area (Å²) in [6.07, 6.45) is 4.95. The molecule has 4 aromatic rings. The minimum absolute atomic E-state index is 0.106. The van der Waals surface area contributed by atoms with Gasteiger partial charge in [0, 0.05) is 34.3 Å². The Bertz CT molecular complexity index is 1220. The van der Waals surface area contributed by atoms with E-state index < -0.39 is 0 Å². The van der Waals surface area contributed by atoms with E-state index in [1.165, 1.54) is 11.8 Å². The predicted molar refractivity (Wildman–Crippen MR) is 123 cm³/mol. The molecule has 6 nitrogen and oxygen atoms in total. The number of hydrogen-bond acceptors (Lipinski definition) is 5. The van der Waals surface area contributed by atoms with E-state index >= 15 is 0 Å². The molecule has 0 bridgehead atoms. The van der Waals surface area contributed by atoms with E-state index in [1.807, 2.05) is 49.5 Å². The number of hydrogen-bond donors (Lipinski definition) is 1. The van der Waals surface area contributed by atoms with Gasteiger partial charge >= 0.3 is 0 Å². The summed E-state index contributed by atoms with van der Waals surface area (Å²) in [5.74, 6) is 1.72. The van der Waals surface area contributed by atoms with E-state index in [0.29, 0.717) is 11.6 Å². The van der Waals surface area contributed by atoms with Crippen LogP contribution >= 0.6 is 11.8 Å². The molecule has 2 heterocycles. The molecule has 1 fully saturated rings. The highest BCUT2D eigenvalue weighted by molar-refractivity contribution is 8.00. The van der Waals surface area contributed by atoms with Gasteiger partial charge in [-0.2, -0.15) is 0 Å². The molecule has 1 saturated carbocycles. The Labute approximate surface area is 185 Å². The van der Waals surface area contributed by atoms with Crippen LogP contribution in [0.2, 0.25) is 0 Å². The van der Waals surface area contributed by atoms with Crippen molar-refractivity contribution in [1.29, 1.82) is 0 Å². The second-order valence-corrected chi connectivity index (χ2v) is 8.93. The molecular weight excluding hydrogens is 408 g/mol. The topological polar surface area (TPSA) is 72.8 Å². The Hall–Kier alpha value is -3.06. The van der Waals surface area contributed by atoms with Gasteiger partial charge < -0.3 is 9.72 Å². The fourth-order valence-electron chi connectivity index (χ4n) is 3.85. The molecule has 0 radical (unpaired) electrons. The number of H-pyrrole nitrogens is 1. The van der Waals surface area contributed by atoms with Crippen LogP contribution in [0.3, 0.4) is 0 Å². The smallest absolute Gasteiger partial charge is 0.192 e. The molecule has 5 rings (SSSR count). The number of ether oxygens (including phenoxy) is 1. The Morgan fingerprint density at radius 3 is 2.68 bits per heavy atom. The molecule has 1 unspecified atom stereocenters. The molecular formula is C24H24N4O2S. The standard InChI is InChI=1S/C24H24N4O2S/c1-3-21(22(29)15-8-12-17(30-2)13-9-15)31-24-27-26-23(28(24)16-10-11-16)19-14-25-20-7-5-4-6-18(19)20/h4-9,12-14,16,21,25H,3,10-11H2,1-2H3. The van der Waals surface area contributed by atoms with Crippen molar-refractivity contribution in [1.82, 2.24) is 19.7 Å². The number of aromatic amines is 1. The lowest BCUT2D eigenvalue weighted by Gasteiger charge is -2.15. The number of carbonyl (C=O) groups excluding carboxylic acids is 1. The molecule has 2 aromatic carbocycles. The fraction of sp³-hybridized carbons (Fsp3) is 0.292. The number of methoxy groups -OCH3 is 1. The van der Waals surface area contributed by atoms with E-state index in [4.69, 9.17) is 4.74 Å². The zero-order chi connectivity index (χ0) is 21.4. The van der Waals surface area contributed by atoms with Gasteiger partial charge in [-0.3, -0.25) is 9.36 Å². The van der Waals surface area contributed by atoms with Gasteiger partial charge in [-0.15, -0.1) is 10.2 Å². The third-order valence-electron chi connectivity index (χ3n) is 5.69. The number of para-hydroxylation sites is 1. The van der Waals surface area contributed by atoms with Gasteiger partial charge in [-0.05, 0) is 49.6 Å². The number of ketones is 1. The monoisotopic (exact) mass is 432 g/mol. The molecule has 1 aliphatic rings. The summed E-state index contributed by atoms with van der Waals surface area (Å²) in [5, 5.41) is 10.8. The zero-order valence-electron chi connectivity index (χ0n) is 17.5. The van der Waals surface area contributed by atoms with Gasteiger partial charge in [0.2, 0.25) is 0 Å². The number of benzene rings is 2. The normalized spacial score (nSPS) is 14.6. The molecule has 1 atom stereocenters.